The Morgan fingerprint density at radius 3 is 2.64 bits per heavy atom. The molecule has 0 radical (unpaired) electrons. The van der Waals surface area contributed by atoms with Crippen molar-refractivity contribution in [2.75, 3.05) is 23.7 Å². The van der Waals surface area contributed by atoms with E-state index in [1.54, 1.807) is 37.3 Å². The number of thioether (sulfide) groups is 1. The molecule has 10 heteroatoms. The van der Waals surface area contributed by atoms with Gasteiger partial charge < -0.3 is 9.47 Å². The van der Waals surface area contributed by atoms with Crippen molar-refractivity contribution in [1.82, 2.24) is 29.1 Å². The third-order valence-corrected chi connectivity index (χ3v) is 6.11. The lowest BCUT2D eigenvalue weighted by Gasteiger charge is -2.20. The van der Waals surface area contributed by atoms with Crippen LogP contribution >= 0.6 is 11.8 Å². The van der Waals surface area contributed by atoms with E-state index in [0.29, 0.717) is 17.7 Å². The number of fused-ring (bicyclic) bond motifs is 1. The number of aryl methyl sites for hydroxylation is 1. The van der Waals surface area contributed by atoms with Gasteiger partial charge in [-0.25, -0.2) is 14.8 Å². The lowest BCUT2D eigenvalue weighted by molar-refractivity contribution is 0.537. The van der Waals surface area contributed by atoms with Crippen molar-refractivity contribution in [3.05, 3.63) is 39.3 Å². The van der Waals surface area contributed by atoms with Crippen molar-refractivity contribution >= 4 is 28.9 Å². The first-order chi connectivity index (χ1) is 13.5. The van der Waals surface area contributed by atoms with Gasteiger partial charge >= 0.3 is 5.69 Å². The number of anilines is 1. The number of aromatic amines is 1. The van der Waals surface area contributed by atoms with E-state index in [1.807, 2.05) is 4.57 Å². The molecule has 0 amide bonds. The molecule has 9 nitrogen and oxygen atoms in total. The SMILES string of the molecule is C[C@H](CSc1ncccn1)Cn1c(N2CCCC2)nc2c1c(=O)[nH]c(=O)n2C. The zero-order valence-electron chi connectivity index (χ0n) is 16.0. The predicted octanol–water partition coefficient (Wildman–Crippen LogP) is 1.24. The maximum absolute atomic E-state index is 12.6. The average Bonchev–Trinajstić information content (AvgIpc) is 3.34. The summed E-state index contributed by atoms with van der Waals surface area (Å²) in [7, 11) is 1.64. The predicted molar refractivity (Wildman–Crippen MR) is 109 cm³/mol. The fourth-order valence-corrected chi connectivity index (χ4v) is 4.31. The number of nitrogens with one attached hydrogen (secondary N) is 1. The summed E-state index contributed by atoms with van der Waals surface area (Å²) in [6.45, 7) is 4.58. The molecule has 4 rings (SSSR count). The van der Waals surface area contributed by atoms with Gasteiger partial charge in [0.15, 0.2) is 16.3 Å². The molecular weight excluding hydrogens is 378 g/mol. The lowest BCUT2D eigenvalue weighted by atomic mass is 10.2. The van der Waals surface area contributed by atoms with E-state index >= 15 is 0 Å². The Bertz CT molecular complexity index is 1080. The number of rotatable bonds is 6. The molecule has 0 aliphatic carbocycles. The molecule has 1 aliphatic rings. The highest BCUT2D eigenvalue weighted by Gasteiger charge is 2.24. The van der Waals surface area contributed by atoms with Crippen LogP contribution in [-0.2, 0) is 13.6 Å². The summed E-state index contributed by atoms with van der Waals surface area (Å²) >= 11 is 1.59. The monoisotopic (exact) mass is 401 g/mol. The molecule has 0 aromatic carbocycles. The molecule has 4 heterocycles. The van der Waals surface area contributed by atoms with Crippen LogP contribution < -0.4 is 16.1 Å². The molecule has 3 aromatic heterocycles. The van der Waals surface area contributed by atoms with Gasteiger partial charge in [0.2, 0.25) is 5.95 Å². The number of aromatic nitrogens is 6. The molecule has 148 valence electrons. The Hall–Kier alpha value is -2.62. The third-order valence-electron chi connectivity index (χ3n) is 4.91. The van der Waals surface area contributed by atoms with Crippen LogP contribution in [0.15, 0.2) is 33.2 Å². The first-order valence-electron chi connectivity index (χ1n) is 9.39. The standard InChI is InChI=1S/C18H23N7O2S/c1-12(11-28-16-19-6-5-7-20-16)10-25-13-14(23(2)18(27)22-15(13)26)21-17(25)24-8-3-4-9-24/h5-7,12H,3-4,8-11H2,1-2H3,(H,22,26,27)/t12-/m0/s1. The van der Waals surface area contributed by atoms with Crippen LogP contribution in [0, 0.1) is 5.92 Å². The third kappa shape index (κ3) is 3.56. The van der Waals surface area contributed by atoms with Crippen LogP contribution in [0.4, 0.5) is 5.95 Å². The van der Waals surface area contributed by atoms with Crippen molar-refractivity contribution in [3.63, 3.8) is 0 Å². The fourth-order valence-electron chi connectivity index (χ4n) is 3.50. The number of imidazole rings is 1. The highest BCUT2D eigenvalue weighted by molar-refractivity contribution is 7.99. The Balaban J connectivity index is 1.68. The average molecular weight is 401 g/mol. The summed E-state index contributed by atoms with van der Waals surface area (Å²) in [6, 6.07) is 1.80. The van der Waals surface area contributed by atoms with Crippen molar-refractivity contribution in [1.29, 1.82) is 0 Å². The zero-order chi connectivity index (χ0) is 19.7. The van der Waals surface area contributed by atoms with E-state index in [9.17, 15) is 9.59 Å². The van der Waals surface area contributed by atoms with Gasteiger partial charge in [-0.1, -0.05) is 18.7 Å². The van der Waals surface area contributed by atoms with Crippen LogP contribution in [0.3, 0.4) is 0 Å². The van der Waals surface area contributed by atoms with Gasteiger partial charge in [-0.3, -0.25) is 14.3 Å². The Morgan fingerprint density at radius 2 is 1.93 bits per heavy atom. The van der Waals surface area contributed by atoms with Crippen LogP contribution in [0.5, 0.6) is 0 Å². The number of nitrogens with zero attached hydrogens (tertiary/aromatic N) is 6. The molecule has 0 bridgehead atoms. The van der Waals surface area contributed by atoms with E-state index < -0.39 is 5.69 Å². The lowest BCUT2D eigenvalue weighted by Crippen LogP contribution is -2.30. The van der Waals surface area contributed by atoms with E-state index in [4.69, 9.17) is 0 Å². The maximum atomic E-state index is 12.6. The molecule has 1 fully saturated rings. The zero-order valence-corrected chi connectivity index (χ0v) is 16.8. The highest BCUT2D eigenvalue weighted by atomic mass is 32.2. The van der Waals surface area contributed by atoms with Crippen molar-refractivity contribution in [2.45, 2.75) is 31.5 Å². The normalized spacial score (nSPS) is 15.4. The molecule has 3 aromatic rings. The molecule has 1 atom stereocenters. The molecular formula is C18H23N7O2S. The van der Waals surface area contributed by atoms with Crippen molar-refractivity contribution in [2.24, 2.45) is 13.0 Å². The smallest absolute Gasteiger partial charge is 0.329 e. The van der Waals surface area contributed by atoms with Gasteiger partial charge in [-0.2, -0.15) is 4.98 Å². The second kappa shape index (κ2) is 7.78. The molecule has 28 heavy (non-hydrogen) atoms. The largest absolute Gasteiger partial charge is 0.342 e. The summed E-state index contributed by atoms with van der Waals surface area (Å²) in [5, 5.41) is 0.741. The van der Waals surface area contributed by atoms with Crippen LogP contribution in [-0.4, -0.2) is 47.9 Å². The summed E-state index contributed by atoms with van der Waals surface area (Å²) in [4.78, 5) is 42.4. The van der Waals surface area contributed by atoms with Crippen LogP contribution in [0.2, 0.25) is 0 Å². The summed E-state index contributed by atoms with van der Waals surface area (Å²) in [6.07, 6.45) is 5.67. The molecule has 1 aliphatic heterocycles. The van der Waals surface area contributed by atoms with E-state index in [2.05, 4.69) is 31.8 Å². The van der Waals surface area contributed by atoms with Gasteiger partial charge in [0, 0.05) is 44.8 Å². The van der Waals surface area contributed by atoms with Gasteiger partial charge in [0.1, 0.15) is 0 Å². The minimum absolute atomic E-state index is 0.254. The quantitative estimate of drug-likeness (QED) is 0.490. The summed E-state index contributed by atoms with van der Waals surface area (Å²) in [5.41, 5.74) is 0.0564. The second-order valence-electron chi connectivity index (χ2n) is 7.15. The van der Waals surface area contributed by atoms with Gasteiger partial charge in [0.25, 0.3) is 5.56 Å². The van der Waals surface area contributed by atoms with E-state index in [1.165, 1.54) is 4.57 Å². The maximum Gasteiger partial charge on any atom is 0.329 e. The van der Waals surface area contributed by atoms with Crippen LogP contribution in [0.1, 0.15) is 19.8 Å². The van der Waals surface area contributed by atoms with Crippen LogP contribution in [0.25, 0.3) is 11.2 Å². The van der Waals surface area contributed by atoms with Gasteiger partial charge in [-0.15, -0.1) is 0 Å². The summed E-state index contributed by atoms with van der Waals surface area (Å²) < 4.78 is 3.38. The first kappa shape index (κ1) is 18.7. The molecule has 1 saturated heterocycles. The van der Waals surface area contributed by atoms with Crippen molar-refractivity contribution < 1.29 is 0 Å². The summed E-state index contributed by atoms with van der Waals surface area (Å²) in [5.74, 6) is 1.84. The Labute approximate surface area is 165 Å². The fraction of sp³-hybridized carbons (Fsp3) is 0.500. The second-order valence-corrected chi connectivity index (χ2v) is 8.14. The molecule has 1 N–H and O–H groups in total. The number of hydrogen-bond donors (Lipinski definition) is 1. The van der Waals surface area contributed by atoms with Gasteiger partial charge in [-0.05, 0) is 24.8 Å². The van der Waals surface area contributed by atoms with Crippen molar-refractivity contribution in [3.8, 4) is 0 Å². The van der Waals surface area contributed by atoms with E-state index in [0.717, 1.165) is 42.8 Å². The topological polar surface area (TPSA) is 102 Å². The molecule has 0 spiro atoms. The number of H-pyrrole nitrogens is 1. The number of hydrogen-bond acceptors (Lipinski definition) is 7. The minimum atomic E-state index is -0.444. The van der Waals surface area contributed by atoms with E-state index in [-0.39, 0.29) is 11.5 Å². The minimum Gasteiger partial charge on any atom is -0.342 e. The van der Waals surface area contributed by atoms with Gasteiger partial charge in [0.05, 0.1) is 0 Å². The Kier molecular flexibility index (Phi) is 5.21. The first-order valence-corrected chi connectivity index (χ1v) is 10.4. The molecule has 0 saturated carbocycles. The highest BCUT2D eigenvalue weighted by Crippen LogP contribution is 2.25. The Morgan fingerprint density at radius 1 is 1.21 bits per heavy atom. The molecule has 0 unspecified atom stereocenters.